The Morgan fingerprint density at radius 2 is 1.56 bits per heavy atom. The lowest BCUT2D eigenvalue weighted by Gasteiger charge is -2.19. The highest BCUT2D eigenvalue weighted by Crippen LogP contribution is 2.31. The summed E-state index contributed by atoms with van der Waals surface area (Å²) in [6, 6.07) is 21.1. The Bertz CT molecular complexity index is 962. The van der Waals surface area contributed by atoms with Crippen LogP contribution < -0.4 is 9.47 Å². The van der Waals surface area contributed by atoms with Gasteiger partial charge in [0.15, 0.2) is 0 Å². The number of aliphatic hydroxyl groups excluding tert-OH is 1. The Hall–Kier alpha value is -2.56. The first kappa shape index (κ1) is 22.6. The van der Waals surface area contributed by atoms with E-state index in [1.165, 1.54) is 60.7 Å². The molecule has 0 unspecified atom stereocenters. The first-order valence-electron chi connectivity index (χ1n) is 12.0. The lowest BCUT2D eigenvalue weighted by atomic mass is 9.97. The van der Waals surface area contributed by atoms with Gasteiger partial charge in [-0.25, -0.2) is 0 Å². The van der Waals surface area contributed by atoms with Gasteiger partial charge in [0.2, 0.25) is 0 Å². The molecular formula is C28H35NO3. The second-order valence-electron chi connectivity index (χ2n) is 8.61. The summed E-state index contributed by atoms with van der Waals surface area (Å²) in [5, 5.41) is 11.5. The van der Waals surface area contributed by atoms with Crippen LogP contribution in [0.15, 0.2) is 60.7 Å². The van der Waals surface area contributed by atoms with E-state index in [1.54, 1.807) is 0 Å². The molecule has 1 aliphatic heterocycles. The fourth-order valence-electron chi connectivity index (χ4n) is 4.44. The summed E-state index contributed by atoms with van der Waals surface area (Å²) in [6.07, 6.45) is 6.79. The van der Waals surface area contributed by atoms with Crippen LogP contribution >= 0.6 is 0 Å². The maximum absolute atomic E-state index is 9.10. The fourth-order valence-corrected chi connectivity index (χ4v) is 4.44. The summed E-state index contributed by atoms with van der Waals surface area (Å²) in [5.74, 6) is 1.83. The number of likely N-dealkylation sites (tertiary alicyclic amines) is 1. The number of hydrogen-bond acceptors (Lipinski definition) is 4. The molecule has 3 aromatic rings. The van der Waals surface area contributed by atoms with Crippen LogP contribution in [-0.4, -0.2) is 49.5 Å². The third kappa shape index (κ3) is 6.24. The van der Waals surface area contributed by atoms with Gasteiger partial charge in [0.1, 0.15) is 18.1 Å². The van der Waals surface area contributed by atoms with Crippen molar-refractivity contribution in [2.75, 3.05) is 39.5 Å². The molecule has 1 saturated heterocycles. The Kier molecular flexibility index (Phi) is 8.41. The Morgan fingerprint density at radius 1 is 0.781 bits per heavy atom. The molecule has 4 nitrogen and oxygen atoms in total. The van der Waals surface area contributed by atoms with E-state index in [0.29, 0.717) is 13.0 Å². The molecule has 0 saturated carbocycles. The maximum Gasteiger partial charge on any atom is 0.123 e. The van der Waals surface area contributed by atoms with Crippen molar-refractivity contribution in [3.63, 3.8) is 0 Å². The second kappa shape index (κ2) is 11.9. The number of nitrogens with zero attached hydrogens (tertiary/aromatic N) is 1. The van der Waals surface area contributed by atoms with Crippen LogP contribution in [0.1, 0.15) is 43.2 Å². The molecule has 1 fully saturated rings. The quantitative estimate of drug-likeness (QED) is 0.432. The van der Waals surface area contributed by atoms with Crippen molar-refractivity contribution in [1.29, 1.82) is 0 Å². The number of aliphatic hydroxyl groups is 1. The normalized spacial score (nSPS) is 14.9. The Labute approximate surface area is 191 Å². The van der Waals surface area contributed by atoms with Crippen molar-refractivity contribution < 1.29 is 14.6 Å². The predicted molar refractivity (Wildman–Crippen MR) is 131 cm³/mol. The molecule has 1 aliphatic rings. The second-order valence-corrected chi connectivity index (χ2v) is 8.61. The van der Waals surface area contributed by atoms with Crippen molar-refractivity contribution in [1.82, 2.24) is 4.90 Å². The molecule has 1 N–H and O–H groups in total. The molecule has 0 radical (unpaired) electrons. The van der Waals surface area contributed by atoms with Gasteiger partial charge in [0.25, 0.3) is 0 Å². The lowest BCUT2D eigenvalue weighted by Crippen LogP contribution is -2.29. The molecule has 4 heteroatoms. The van der Waals surface area contributed by atoms with Crippen LogP contribution in [0.2, 0.25) is 0 Å². The van der Waals surface area contributed by atoms with Crippen LogP contribution in [0, 0.1) is 0 Å². The molecule has 0 bridgehead atoms. The van der Waals surface area contributed by atoms with Gasteiger partial charge in [-0.05, 0) is 60.5 Å². The van der Waals surface area contributed by atoms with Crippen molar-refractivity contribution >= 4 is 10.8 Å². The van der Waals surface area contributed by atoms with E-state index in [9.17, 15) is 0 Å². The van der Waals surface area contributed by atoms with Gasteiger partial charge in [-0.15, -0.1) is 0 Å². The number of rotatable bonds is 10. The molecule has 4 rings (SSSR count). The van der Waals surface area contributed by atoms with E-state index in [0.717, 1.165) is 31.1 Å². The zero-order valence-corrected chi connectivity index (χ0v) is 19.0. The van der Waals surface area contributed by atoms with E-state index >= 15 is 0 Å². The molecule has 0 spiro atoms. The highest BCUT2D eigenvalue weighted by Gasteiger charge is 2.11. The van der Waals surface area contributed by atoms with Crippen LogP contribution in [0.5, 0.6) is 11.5 Å². The van der Waals surface area contributed by atoms with Crippen molar-refractivity contribution in [2.24, 2.45) is 0 Å². The first-order valence-corrected chi connectivity index (χ1v) is 12.0. The SMILES string of the molecule is OCCCOc1ccc2ccccc2c1Cc1ccc(OCCN2CCCCCC2)cc1. The highest BCUT2D eigenvalue weighted by atomic mass is 16.5. The maximum atomic E-state index is 9.10. The number of fused-ring (bicyclic) bond motifs is 1. The molecule has 32 heavy (non-hydrogen) atoms. The summed E-state index contributed by atoms with van der Waals surface area (Å²) in [5.41, 5.74) is 2.42. The summed E-state index contributed by atoms with van der Waals surface area (Å²) in [4.78, 5) is 2.53. The van der Waals surface area contributed by atoms with E-state index in [4.69, 9.17) is 14.6 Å². The minimum Gasteiger partial charge on any atom is -0.493 e. The van der Waals surface area contributed by atoms with E-state index in [1.807, 2.05) is 0 Å². The Morgan fingerprint density at radius 3 is 2.34 bits per heavy atom. The van der Waals surface area contributed by atoms with Gasteiger partial charge in [-0.2, -0.15) is 0 Å². The topological polar surface area (TPSA) is 41.9 Å². The minimum atomic E-state index is 0.141. The average molecular weight is 434 g/mol. The van der Waals surface area contributed by atoms with Gasteiger partial charge >= 0.3 is 0 Å². The highest BCUT2D eigenvalue weighted by molar-refractivity contribution is 5.88. The van der Waals surface area contributed by atoms with Crippen LogP contribution in [0.3, 0.4) is 0 Å². The van der Waals surface area contributed by atoms with E-state index in [2.05, 4.69) is 65.6 Å². The molecule has 0 aliphatic carbocycles. The molecular weight excluding hydrogens is 398 g/mol. The first-order chi connectivity index (χ1) is 15.8. The number of ether oxygens (including phenoxy) is 2. The summed E-state index contributed by atoms with van der Waals surface area (Å²) in [6.45, 7) is 4.82. The van der Waals surface area contributed by atoms with Crippen LogP contribution in [0.4, 0.5) is 0 Å². The molecule has 0 amide bonds. The van der Waals surface area contributed by atoms with Crippen molar-refractivity contribution in [3.8, 4) is 11.5 Å². The van der Waals surface area contributed by atoms with Gasteiger partial charge in [0.05, 0.1) is 6.61 Å². The molecule has 3 aromatic carbocycles. The monoisotopic (exact) mass is 433 g/mol. The zero-order valence-electron chi connectivity index (χ0n) is 19.0. The minimum absolute atomic E-state index is 0.141. The summed E-state index contributed by atoms with van der Waals surface area (Å²) < 4.78 is 12.0. The van der Waals surface area contributed by atoms with Gasteiger partial charge in [0, 0.05) is 31.6 Å². The summed E-state index contributed by atoms with van der Waals surface area (Å²) in [7, 11) is 0. The average Bonchev–Trinajstić information content (AvgIpc) is 3.10. The lowest BCUT2D eigenvalue weighted by molar-refractivity contribution is 0.214. The summed E-state index contributed by atoms with van der Waals surface area (Å²) >= 11 is 0. The molecule has 0 aromatic heterocycles. The largest absolute Gasteiger partial charge is 0.493 e. The van der Waals surface area contributed by atoms with Gasteiger partial charge < -0.3 is 14.6 Å². The van der Waals surface area contributed by atoms with Crippen molar-refractivity contribution in [3.05, 3.63) is 71.8 Å². The third-order valence-corrected chi connectivity index (χ3v) is 6.24. The molecule has 170 valence electrons. The van der Waals surface area contributed by atoms with E-state index in [-0.39, 0.29) is 6.61 Å². The Balaban J connectivity index is 1.40. The van der Waals surface area contributed by atoms with Gasteiger partial charge in [-0.3, -0.25) is 4.90 Å². The third-order valence-electron chi connectivity index (χ3n) is 6.24. The zero-order chi connectivity index (χ0) is 22.0. The van der Waals surface area contributed by atoms with E-state index < -0.39 is 0 Å². The standard InChI is InChI=1S/C28H35NO3/c30-19-7-20-32-28-15-12-24-8-3-4-9-26(24)27(28)22-23-10-13-25(14-11-23)31-21-18-29-16-5-1-2-6-17-29/h3-4,8-15,30H,1-2,5-7,16-22H2. The van der Waals surface area contributed by atoms with Crippen molar-refractivity contribution in [2.45, 2.75) is 38.5 Å². The number of benzene rings is 3. The smallest absolute Gasteiger partial charge is 0.123 e. The van der Waals surface area contributed by atoms with Crippen LogP contribution in [0.25, 0.3) is 10.8 Å². The molecule has 0 atom stereocenters. The predicted octanol–water partition coefficient (Wildman–Crippen LogP) is 5.45. The molecule has 1 heterocycles. The number of hydrogen-bond donors (Lipinski definition) is 1. The fraction of sp³-hybridized carbons (Fsp3) is 0.429. The van der Waals surface area contributed by atoms with Gasteiger partial charge in [-0.1, -0.05) is 55.3 Å². The van der Waals surface area contributed by atoms with Crippen LogP contribution in [-0.2, 0) is 6.42 Å².